The smallest absolute Gasteiger partial charge is 0.337 e. The van der Waals surface area contributed by atoms with E-state index < -0.39 is 5.97 Å². The van der Waals surface area contributed by atoms with Crippen LogP contribution in [0.3, 0.4) is 0 Å². The second-order valence-corrected chi connectivity index (χ2v) is 11.0. The first kappa shape index (κ1) is 27.4. The van der Waals surface area contributed by atoms with Crippen molar-refractivity contribution in [3.05, 3.63) is 98.9 Å². The SMILES string of the molecule is COC(=O)c1ccc2c(c1)c(CCc1ccc(Cl)cc1)c(C#Cc1nc3ccc(OC)cc3s1)n2CCc1nn[nH]n1. The molecule has 0 bridgehead atoms. The van der Waals surface area contributed by atoms with E-state index in [4.69, 9.17) is 26.1 Å². The van der Waals surface area contributed by atoms with Gasteiger partial charge in [-0.2, -0.15) is 5.21 Å². The number of aromatic nitrogens is 6. The van der Waals surface area contributed by atoms with Crippen molar-refractivity contribution in [2.45, 2.75) is 25.8 Å². The van der Waals surface area contributed by atoms with Crippen molar-refractivity contribution in [3.8, 4) is 17.6 Å². The van der Waals surface area contributed by atoms with Crippen LogP contribution in [0.5, 0.6) is 5.75 Å². The number of fused-ring (bicyclic) bond motifs is 2. The van der Waals surface area contributed by atoms with Gasteiger partial charge in [0.05, 0.1) is 35.7 Å². The van der Waals surface area contributed by atoms with E-state index in [1.165, 1.54) is 18.4 Å². The highest BCUT2D eigenvalue weighted by atomic mass is 35.5. The second-order valence-electron chi connectivity index (χ2n) is 9.51. The molecule has 0 amide bonds. The fraction of sp³-hybridized carbons (Fsp3) is 0.194. The van der Waals surface area contributed by atoms with Crippen LogP contribution >= 0.6 is 22.9 Å². The van der Waals surface area contributed by atoms with Gasteiger partial charge in [0.1, 0.15) is 5.75 Å². The molecule has 0 aliphatic rings. The maximum Gasteiger partial charge on any atom is 0.337 e. The molecule has 0 saturated heterocycles. The highest BCUT2D eigenvalue weighted by Crippen LogP contribution is 2.30. The number of nitrogens with zero attached hydrogens (tertiary/aromatic N) is 5. The Balaban J connectivity index is 1.48. The fourth-order valence-electron chi connectivity index (χ4n) is 4.92. The van der Waals surface area contributed by atoms with Gasteiger partial charge in [-0.25, -0.2) is 9.78 Å². The van der Waals surface area contributed by atoms with Crippen molar-refractivity contribution < 1.29 is 14.3 Å². The lowest BCUT2D eigenvalue weighted by atomic mass is 10.0. The molecule has 42 heavy (non-hydrogen) atoms. The Hall–Kier alpha value is -4.72. The molecule has 0 aliphatic carbocycles. The van der Waals surface area contributed by atoms with E-state index in [2.05, 4.69) is 37.0 Å². The van der Waals surface area contributed by atoms with E-state index in [0.717, 1.165) is 50.1 Å². The van der Waals surface area contributed by atoms with Gasteiger partial charge < -0.3 is 14.0 Å². The zero-order valence-electron chi connectivity index (χ0n) is 22.8. The molecule has 3 aromatic heterocycles. The maximum atomic E-state index is 12.5. The van der Waals surface area contributed by atoms with Crippen LogP contribution in [0.4, 0.5) is 0 Å². The van der Waals surface area contributed by atoms with Crippen LogP contribution in [0, 0.1) is 11.8 Å². The molecule has 1 N–H and O–H groups in total. The highest BCUT2D eigenvalue weighted by molar-refractivity contribution is 7.19. The minimum absolute atomic E-state index is 0.391. The third-order valence-electron chi connectivity index (χ3n) is 7.00. The van der Waals surface area contributed by atoms with Crippen LogP contribution in [-0.4, -0.2) is 50.4 Å². The number of halogens is 1. The summed E-state index contributed by atoms with van der Waals surface area (Å²) in [6.45, 7) is 0.565. The summed E-state index contributed by atoms with van der Waals surface area (Å²) >= 11 is 7.64. The molecule has 6 aromatic rings. The van der Waals surface area contributed by atoms with Gasteiger partial charge in [-0.3, -0.25) is 0 Å². The molecule has 11 heteroatoms. The van der Waals surface area contributed by atoms with E-state index in [9.17, 15) is 4.79 Å². The molecule has 210 valence electrons. The summed E-state index contributed by atoms with van der Waals surface area (Å²) in [6.07, 6.45) is 2.00. The summed E-state index contributed by atoms with van der Waals surface area (Å²) < 4.78 is 13.6. The first-order valence-corrected chi connectivity index (χ1v) is 14.4. The van der Waals surface area contributed by atoms with E-state index in [1.54, 1.807) is 13.2 Å². The topological polar surface area (TPSA) is 108 Å². The zero-order chi connectivity index (χ0) is 29.1. The molecule has 0 spiro atoms. The molecule has 3 heterocycles. The number of benzene rings is 3. The standard InChI is InChI=1S/C31H25ClN6O3S/c1-40-22-9-11-25-28(18-22)42-30(33-25)14-13-26-23(10-5-19-3-7-21(32)8-4-19)24-17-20(31(39)41-2)6-12-27(24)38(26)16-15-29-34-36-37-35-29/h3-4,6-9,11-12,17-18H,5,10,15-16H2,1-2H3,(H,34,35,36,37). The summed E-state index contributed by atoms with van der Waals surface area (Å²) in [5, 5.41) is 16.8. The van der Waals surface area contributed by atoms with Gasteiger partial charge in [0, 0.05) is 28.9 Å². The number of thiazole rings is 1. The number of carbonyl (C=O) groups is 1. The Labute approximate surface area is 250 Å². The third-order valence-corrected chi connectivity index (χ3v) is 8.18. The van der Waals surface area contributed by atoms with Crippen LogP contribution in [0.2, 0.25) is 5.02 Å². The van der Waals surface area contributed by atoms with E-state index in [0.29, 0.717) is 40.8 Å². The Morgan fingerprint density at radius 2 is 1.88 bits per heavy atom. The minimum atomic E-state index is -0.391. The zero-order valence-corrected chi connectivity index (χ0v) is 24.4. The summed E-state index contributed by atoms with van der Waals surface area (Å²) in [5.41, 5.74) is 5.34. The number of ether oxygens (including phenoxy) is 2. The average molecular weight is 597 g/mol. The molecule has 0 saturated carbocycles. The van der Waals surface area contributed by atoms with Gasteiger partial charge in [0.2, 0.25) is 0 Å². The monoisotopic (exact) mass is 596 g/mol. The molecular weight excluding hydrogens is 572 g/mol. The largest absolute Gasteiger partial charge is 0.497 e. The van der Waals surface area contributed by atoms with Crippen molar-refractivity contribution >= 4 is 50.0 Å². The number of esters is 1. The van der Waals surface area contributed by atoms with Crippen LogP contribution in [0.15, 0.2) is 60.7 Å². The molecular formula is C31H25ClN6O3S. The number of hydrogen-bond donors (Lipinski definition) is 1. The van der Waals surface area contributed by atoms with Gasteiger partial charge in [-0.15, -0.1) is 21.5 Å². The van der Waals surface area contributed by atoms with Gasteiger partial charge in [-0.05, 0) is 84.3 Å². The molecule has 0 fully saturated rings. The number of H-pyrrole nitrogens is 1. The van der Waals surface area contributed by atoms with Crippen molar-refractivity contribution in [2.75, 3.05) is 14.2 Å². The van der Waals surface area contributed by atoms with Gasteiger partial charge in [0.15, 0.2) is 10.8 Å². The summed E-state index contributed by atoms with van der Waals surface area (Å²) in [5.74, 6) is 7.74. The summed E-state index contributed by atoms with van der Waals surface area (Å²) in [4.78, 5) is 17.2. The molecule has 0 radical (unpaired) electrons. The van der Waals surface area contributed by atoms with Gasteiger partial charge >= 0.3 is 5.97 Å². The van der Waals surface area contributed by atoms with Gasteiger partial charge in [0.25, 0.3) is 0 Å². The van der Waals surface area contributed by atoms with Gasteiger partial charge in [-0.1, -0.05) is 28.9 Å². The summed E-state index contributed by atoms with van der Waals surface area (Å²) in [7, 11) is 3.03. The van der Waals surface area contributed by atoms with E-state index in [-0.39, 0.29) is 0 Å². The Bertz CT molecular complexity index is 1950. The number of aryl methyl sites for hydroxylation is 4. The predicted molar refractivity (Wildman–Crippen MR) is 162 cm³/mol. The number of rotatable bonds is 8. The average Bonchev–Trinajstić information content (AvgIpc) is 3.75. The molecule has 0 unspecified atom stereocenters. The molecule has 9 nitrogen and oxygen atoms in total. The minimum Gasteiger partial charge on any atom is -0.497 e. The fourth-order valence-corrected chi connectivity index (χ4v) is 5.89. The van der Waals surface area contributed by atoms with E-state index >= 15 is 0 Å². The van der Waals surface area contributed by atoms with Crippen LogP contribution < -0.4 is 4.74 Å². The summed E-state index contributed by atoms with van der Waals surface area (Å²) in [6, 6.07) is 19.2. The number of methoxy groups -OCH3 is 2. The number of aromatic amines is 1. The first-order valence-electron chi connectivity index (χ1n) is 13.2. The first-order chi connectivity index (χ1) is 20.5. The molecule has 0 aliphatic heterocycles. The molecule has 0 atom stereocenters. The van der Waals surface area contributed by atoms with Crippen molar-refractivity contribution in [1.82, 2.24) is 30.2 Å². The van der Waals surface area contributed by atoms with Crippen LogP contribution in [0.25, 0.3) is 21.1 Å². The van der Waals surface area contributed by atoms with Crippen molar-refractivity contribution in [3.63, 3.8) is 0 Å². The predicted octanol–water partition coefficient (Wildman–Crippen LogP) is 5.64. The number of hydrogen-bond acceptors (Lipinski definition) is 8. The van der Waals surface area contributed by atoms with Crippen LogP contribution in [-0.2, 0) is 30.5 Å². The Kier molecular flexibility index (Phi) is 7.86. The normalized spacial score (nSPS) is 11.0. The van der Waals surface area contributed by atoms with Crippen molar-refractivity contribution in [2.24, 2.45) is 0 Å². The van der Waals surface area contributed by atoms with Crippen molar-refractivity contribution in [1.29, 1.82) is 0 Å². The number of tetrazole rings is 1. The second kappa shape index (κ2) is 12.0. The number of nitrogens with one attached hydrogen (secondary N) is 1. The maximum absolute atomic E-state index is 12.5. The Morgan fingerprint density at radius 3 is 2.64 bits per heavy atom. The molecule has 3 aromatic carbocycles. The van der Waals surface area contributed by atoms with E-state index in [1.807, 2.05) is 54.6 Å². The third kappa shape index (κ3) is 5.70. The lowest BCUT2D eigenvalue weighted by Crippen LogP contribution is -2.06. The quantitative estimate of drug-likeness (QED) is 0.179. The number of carbonyl (C=O) groups excluding carboxylic acids is 1. The lowest BCUT2D eigenvalue weighted by Gasteiger charge is -2.07. The van der Waals surface area contributed by atoms with Crippen LogP contribution in [0.1, 0.15) is 38.0 Å². The molecule has 6 rings (SSSR count). The lowest BCUT2D eigenvalue weighted by molar-refractivity contribution is 0.0601. The Morgan fingerprint density at radius 1 is 1.02 bits per heavy atom. The highest BCUT2D eigenvalue weighted by Gasteiger charge is 2.19.